The lowest BCUT2D eigenvalue weighted by molar-refractivity contribution is -0.147. The summed E-state index contributed by atoms with van der Waals surface area (Å²) in [5, 5.41) is 11.1. The van der Waals surface area contributed by atoms with Crippen LogP contribution in [0.2, 0.25) is 0 Å². The second-order valence-corrected chi connectivity index (χ2v) is 16.1. The van der Waals surface area contributed by atoms with Gasteiger partial charge in [-0.3, -0.25) is 19.2 Å². The smallest absolute Gasteiger partial charge is 0.408 e. The summed E-state index contributed by atoms with van der Waals surface area (Å²) in [5.74, 6) is -3.11. The number of rotatable bonds is 19. The number of ether oxygens (including phenoxy) is 2. The van der Waals surface area contributed by atoms with E-state index in [9.17, 15) is 28.8 Å². The van der Waals surface area contributed by atoms with E-state index in [1.165, 1.54) is 19.1 Å². The molecule has 0 aliphatic heterocycles. The molecule has 0 heterocycles. The number of likely N-dealkylation sites (N-methyl/N-ethyl adjacent to an activating group) is 1. The van der Waals surface area contributed by atoms with Gasteiger partial charge in [0.1, 0.15) is 35.8 Å². The van der Waals surface area contributed by atoms with E-state index < -0.39 is 71.5 Å². The first-order valence-electron chi connectivity index (χ1n) is 18.3. The maximum absolute atomic E-state index is 14.1. The summed E-state index contributed by atoms with van der Waals surface area (Å²) in [6, 6.07) is 4.24. The first-order valence-corrected chi connectivity index (χ1v) is 18.3. The van der Waals surface area contributed by atoms with Gasteiger partial charge in [0.15, 0.2) is 0 Å². The molecule has 0 saturated heterocycles. The zero-order valence-corrected chi connectivity index (χ0v) is 33.6. The monoisotopic (exact) mass is 731 g/mol. The molecule has 4 N–H and O–H groups in total. The fraction of sp³-hybridized carbons (Fsp3) is 0.692. The Labute approximate surface area is 311 Å². The first kappa shape index (κ1) is 45.9. The van der Waals surface area contributed by atoms with Crippen LogP contribution in [0.5, 0.6) is 0 Å². The molecular weight excluding hydrogens is 666 g/mol. The number of methoxy groups -OCH3 is 1. The molecule has 0 bridgehead atoms. The molecule has 13 heteroatoms. The summed E-state index contributed by atoms with van der Waals surface area (Å²) < 4.78 is 10.3. The van der Waals surface area contributed by atoms with Gasteiger partial charge in [0.25, 0.3) is 0 Å². The van der Waals surface area contributed by atoms with Gasteiger partial charge in [-0.15, -0.1) is 0 Å². The molecular formula is C39H65N5O8. The van der Waals surface area contributed by atoms with Crippen LogP contribution in [0, 0.1) is 23.7 Å². The molecule has 0 spiro atoms. The summed E-state index contributed by atoms with van der Waals surface area (Å²) in [4.78, 5) is 82.0. The van der Waals surface area contributed by atoms with E-state index in [1.807, 2.05) is 71.9 Å². The van der Waals surface area contributed by atoms with E-state index in [1.54, 1.807) is 34.6 Å². The zero-order valence-electron chi connectivity index (χ0n) is 33.6. The summed E-state index contributed by atoms with van der Waals surface area (Å²) in [6.07, 6.45) is 0.316. The van der Waals surface area contributed by atoms with Crippen LogP contribution in [-0.4, -0.2) is 90.6 Å². The van der Waals surface area contributed by atoms with Crippen molar-refractivity contribution in [2.75, 3.05) is 14.2 Å². The molecule has 5 amide bonds. The fourth-order valence-electron chi connectivity index (χ4n) is 5.61. The second kappa shape index (κ2) is 21.4. The van der Waals surface area contributed by atoms with Gasteiger partial charge in [-0.2, -0.15) is 0 Å². The van der Waals surface area contributed by atoms with Gasteiger partial charge in [0.2, 0.25) is 23.6 Å². The van der Waals surface area contributed by atoms with E-state index in [0.29, 0.717) is 12.8 Å². The SMILES string of the molecule is COC(=O)[C@H](Cc1ccccc1)NC(=O)[C@@H](CC(C)C)N(C)C(=O)[C@@H](NC(=O)[C@H](CC(C)C)NC(=O)[C@H](CC(C)C)NC(=O)OC(C)(C)C)C(C)C. The van der Waals surface area contributed by atoms with Crippen LogP contribution in [0.15, 0.2) is 30.3 Å². The standard InChI is InChI=1S/C39H65N5O8/c1-23(2)19-28(40-33(45)29(20-24(3)4)42-38(50)52-39(9,10)11)34(46)43-32(26(7)8)36(48)44(12)31(21-25(5)6)35(47)41-30(37(49)51-13)22-27-17-15-14-16-18-27/h14-18,23-26,28-32H,19-22H2,1-13H3,(H,40,45)(H,41,47)(H,42,50)(H,43,46)/t28-,29-,30-,31+,32-/m0/s1. The Balaban J connectivity index is 3.30. The third-order valence-electron chi connectivity index (χ3n) is 8.18. The third-order valence-corrected chi connectivity index (χ3v) is 8.18. The van der Waals surface area contributed by atoms with Gasteiger partial charge in [0, 0.05) is 13.5 Å². The van der Waals surface area contributed by atoms with Crippen molar-refractivity contribution in [2.45, 2.75) is 138 Å². The van der Waals surface area contributed by atoms with Crippen LogP contribution in [0.4, 0.5) is 4.79 Å². The summed E-state index contributed by atoms with van der Waals surface area (Å²) >= 11 is 0. The number of carbonyl (C=O) groups is 6. The highest BCUT2D eigenvalue weighted by molar-refractivity contribution is 5.96. The Kier molecular flexibility index (Phi) is 18.9. The van der Waals surface area contributed by atoms with Gasteiger partial charge < -0.3 is 35.6 Å². The molecule has 0 saturated carbocycles. The highest BCUT2D eigenvalue weighted by Crippen LogP contribution is 2.17. The fourth-order valence-corrected chi connectivity index (χ4v) is 5.61. The number of nitrogens with zero attached hydrogens (tertiary/aromatic N) is 1. The highest BCUT2D eigenvalue weighted by atomic mass is 16.6. The van der Waals surface area contributed by atoms with Crippen LogP contribution in [-0.2, 0) is 39.9 Å². The van der Waals surface area contributed by atoms with E-state index in [4.69, 9.17) is 9.47 Å². The van der Waals surface area contributed by atoms with Crippen molar-refractivity contribution in [2.24, 2.45) is 23.7 Å². The van der Waals surface area contributed by atoms with Gasteiger partial charge >= 0.3 is 12.1 Å². The lowest BCUT2D eigenvalue weighted by Crippen LogP contribution is -2.60. The van der Waals surface area contributed by atoms with E-state index in [2.05, 4.69) is 21.3 Å². The molecule has 13 nitrogen and oxygen atoms in total. The number of hydrogen-bond donors (Lipinski definition) is 4. The maximum atomic E-state index is 14.1. The molecule has 5 atom stereocenters. The van der Waals surface area contributed by atoms with Crippen LogP contribution in [0.3, 0.4) is 0 Å². The molecule has 52 heavy (non-hydrogen) atoms. The van der Waals surface area contributed by atoms with Gasteiger partial charge in [-0.1, -0.05) is 85.7 Å². The van der Waals surface area contributed by atoms with E-state index in [-0.39, 0.29) is 36.5 Å². The lowest BCUT2D eigenvalue weighted by Gasteiger charge is -2.34. The molecule has 0 aromatic heterocycles. The molecule has 0 aliphatic carbocycles. The van der Waals surface area contributed by atoms with Crippen molar-refractivity contribution in [1.29, 1.82) is 0 Å². The topological polar surface area (TPSA) is 172 Å². The van der Waals surface area contributed by atoms with Crippen LogP contribution in [0.1, 0.15) is 101 Å². The summed E-state index contributed by atoms with van der Waals surface area (Å²) in [6.45, 7) is 20.2. The van der Waals surface area contributed by atoms with Crippen molar-refractivity contribution >= 4 is 35.7 Å². The lowest BCUT2D eigenvalue weighted by atomic mass is 9.96. The minimum Gasteiger partial charge on any atom is -0.467 e. The Morgan fingerprint density at radius 2 is 1.15 bits per heavy atom. The molecule has 0 fully saturated rings. The molecule has 0 aliphatic rings. The van der Waals surface area contributed by atoms with Crippen molar-refractivity contribution in [3.05, 3.63) is 35.9 Å². The van der Waals surface area contributed by atoms with E-state index in [0.717, 1.165) is 5.56 Å². The Hall–Kier alpha value is -4.16. The Bertz CT molecular complexity index is 1330. The summed E-state index contributed by atoms with van der Waals surface area (Å²) in [5.41, 5.74) is 0.0547. The molecule has 294 valence electrons. The maximum Gasteiger partial charge on any atom is 0.408 e. The van der Waals surface area contributed by atoms with Crippen molar-refractivity contribution < 1.29 is 38.2 Å². The Morgan fingerprint density at radius 1 is 0.673 bits per heavy atom. The molecule has 1 rings (SSSR count). The molecule has 1 aromatic carbocycles. The average molecular weight is 732 g/mol. The van der Waals surface area contributed by atoms with Gasteiger partial charge in [-0.25, -0.2) is 9.59 Å². The number of hydrogen-bond acceptors (Lipinski definition) is 8. The molecule has 1 aromatic rings. The van der Waals surface area contributed by atoms with Crippen LogP contribution in [0.25, 0.3) is 0 Å². The van der Waals surface area contributed by atoms with Crippen molar-refractivity contribution in [1.82, 2.24) is 26.2 Å². The first-order chi connectivity index (χ1) is 24.1. The second-order valence-electron chi connectivity index (χ2n) is 16.1. The Morgan fingerprint density at radius 3 is 1.62 bits per heavy atom. The number of carbonyl (C=O) groups excluding carboxylic acids is 6. The van der Waals surface area contributed by atoms with Crippen LogP contribution >= 0.6 is 0 Å². The largest absolute Gasteiger partial charge is 0.467 e. The summed E-state index contributed by atoms with van der Waals surface area (Å²) in [7, 11) is 2.76. The van der Waals surface area contributed by atoms with Crippen LogP contribution < -0.4 is 21.3 Å². The molecule has 0 radical (unpaired) electrons. The quantitative estimate of drug-likeness (QED) is 0.152. The number of amides is 5. The highest BCUT2D eigenvalue weighted by Gasteiger charge is 2.37. The normalized spacial score (nSPS) is 14.6. The number of nitrogens with one attached hydrogen (secondary N) is 4. The van der Waals surface area contributed by atoms with Crippen molar-refractivity contribution in [3.63, 3.8) is 0 Å². The average Bonchev–Trinajstić information content (AvgIpc) is 3.02. The minimum absolute atomic E-state index is 0.00231. The number of alkyl carbamates (subject to hydrolysis) is 1. The predicted octanol–water partition coefficient (Wildman–Crippen LogP) is 4.37. The minimum atomic E-state index is -1.04. The molecule has 0 unspecified atom stereocenters. The predicted molar refractivity (Wildman–Crippen MR) is 201 cm³/mol. The zero-order chi connectivity index (χ0) is 39.9. The third kappa shape index (κ3) is 16.5. The van der Waals surface area contributed by atoms with E-state index >= 15 is 0 Å². The number of esters is 1. The number of benzene rings is 1. The van der Waals surface area contributed by atoms with Gasteiger partial charge in [0.05, 0.1) is 7.11 Å². The van der Waals surface area contributed by atoms with Gasteiger partial charge in [-0.05, 0) is 69.3 Å². The van der Waals surface area contributed by atoms with Crippen molar-refractivity contribution in [3.8, 4) is 0 Å².